The van der Waals surface area contributed by atoms with Crippen molar-refractivity contribution in [2.45, 2.75) is 0 Å². The summed E-state index contributed by atoms with van der Waals surface area (Å²) in [6, 6.07) is 2.09. The van der Waals surface area contributed by atoms with Crippen LogP contribution in [-0.4, -0.2) is 18.2 Å². The normalized spacial score (nSPS) is 10.0. The van der Waals surface area contributed by atoms with Gasteiger partial charge in [-0.15, -0.1) is 0 Å². The van der Waals surface area contributed by atoms with Gasteiger partial charge in [0.05, 0.1) is 18.0 Å². The van der Waals surface area contributed by atoms with Gasteiger partial charge < -0.3 is 4.74 Å². The summed E-state index contributed by atoms with van der Waals surface area (Å²) in [7, 11) is 1.18. The monoisotopic (exact) mass is 264 g/mol. The Kier molecular flexibility index (Phi) is 3.57. The van der Waals surface area contributed by atoms with E-state index in [1.165, 1.54) is 13.2 Å². The molecule has 0 N–H and O–H groups in total. The Bertz CT molecular complexity index is 366. The molecule has 76 valence electrons. The number of hydrogen-bond donors (Lipinski definition) is 0. The Morgan fingerprint density at radius 1 is 1.50 bits per heavy atom. The van der Waals surface area contributed by atoms with Crippen LogP contribution in [0.5, 0.6) is 5.75 Å². The number of carbonyl (C=O) groups is 1. The molecule has 0 aliphatic rings. The van der Waals surface area contributed by atoms with Crippen LogP contribution in [0.3, 0.4) is 0 Å². The van der Waals surface area contributed by atoms with Crippen molar-refractivity contribution in [3.05, 3.63) is 29.3 Å². The number of alkyl halides is 1. The second-order valence-corrected chi connectivity index (χ2v) is 3.06. The summed E-state index contributed by atoms with van der Waals surface area (Å²) in [6.07, 6.45) is 0. The fourth-order valence-corrected chi connectivity index (χ4v) is 1.33. The maximum absolute atomic E-state index is 13.1. The molecule has 0 radical (unpaired) electrons. The van der Waals surface area contributed by atoms with E-state index in [1.807, 2.05) is 0 Å². The SMILES string of the molecule is COc1c(C(=O)CBr)ccc(F)c1F. The van der Waals surface area contributed by atoms with Gasteiger partial charge in [-0.2, -0.15) is 4.39 Å². The molecule has 1 aromatic carbocycles. The van der Waals surface area contributed by atoms with E-state index >= 15 is 0 Å². The Morgan fingerprint density at radius 3 is 2.64 bits per heavy atom. The Labute approximate surface area is 88.0 Å². The Balaban J connectivity index is 3.31. The first-order valence-electron chi connectivity index (χ1n) is 3.73. The summed E-state index contributed by atoms with van der Waals surface area (Å²) in [4.78, 5) is 11.2. The molecule has 0 fully saturated rings. The molecule has 0 unspecified atom stereocenters. The van der Waals surface area contributed by atoms with Gasteiger partial charge in [-0.05, 0) is 12.1 Å². The molecule has 0 atom stereocenters. The average molecular weight is 265 g/mol. The van der Waals surface area contributed by atoms with Crippen molar-refractivity contribution in [2.24, 2.45) is 0 Å². The number of benzene rings is 1. The van der Waals surface area contributed by atoms with Gasteiger partial charge in [-0.1, -0.05) is 15.9 Å². The minimum absolute atomic E-state index is 0.0308. The molecule has 0 saturated carbocycles. The number of carbonyl (C=O) groups excluding carboxylic acids is 1. The maximum Gasteiger partial charge on any atom is 0.201 e. The average Bonchev–Trinajstić information content (AvgIpc) is 2.20. The zero-order valence-electron chi connectivity index (χ0n) is 7.31. The Morgan fingerprint density at radius 2 is 2.14 bits per heavy atom. The molecule has 1 aromatic rings. The number of rotatable bonds is 3. The third-order valence-corrected chi connectivity index (χ3v) is 2.19. The number of Topliss-reactive ketones (excluding diaryl/α,β-unsaturated/α-hetero) is 1. The molecular weight excluding hydrogens is 258 g/mol. The van der Waals surface area contributed by atoms with E-state index in [4.69, 9.17) is 0 Å². The second kappa shape index (κ2) is 4.50. The van der Waals surface area contributed by atoms with Gasteiger partial charge in [0.25, 0.3) is 0 Å². The summed E-state index contributed by atoms with van der Waals surface area (Å²) in [5.41, 5.74) is 0.0308. The van der Waals surface area contributed by atoms with Crippen molar-refractivity contribution in [1.82, 2.24) is 0 Å². The molecule has 0 saturated heterocycles. The summed E-state index contributed by atoms with van der Waals surface area (Å²) in [5.74, 6) is -2.89. The van der Waals surface area contributed by atoms with Gasteiger partial charge in [-0.3, -0.25) is 4.79 Å². The molecule has 0 aromatic heterocycles. The fourth-order valence-electron chi connectivity index (χ4n) is 1.02. The van der Waals surface area contributed by atoms with Crippen molar-refractivity contribution in [3.8, 4) is 5.75 Å². The highest BCUT2D eigenvalue weighted by atomic mass is 79.9. The van der Waals surface area contributed by atoms with Crippen LogP contribution in [-0.2, 0) is 0 Å². The lowest BCUT2D eigenvalue weighted by Crippen LogP contribution is -2.05. The van der Waals surface area contributed by atoms with E-state index in [-0.39, 0.29) is 22.4 Å². The lowest BCUT2D eigenvalue weighted by Gasteiger charge is -2.07. The predicted molar refractivity (Wildman–Crippen MR) is 51.0 cm³/mol. The first-order valence-corrected chi connectivity index (χ1v) is 4.85. The van der Waals surface area contributed by atoms with Gasteiger partial charge in [0.2, 0.25) is 5.82 Å². The smallest absolute Gasteiger partial charge is 0.201 e. The van der Waals surface area contributed by atoms with Gasteiger partial charge >= 0.3 is 0 Å². The summed E-state index contributed by atoms with van der Waals surface area (Å²) < 4.78 is 30.5. The molecule has 5 heteroatoms. The standard InChI is InChI=1S/C9H7BrF2O2/c1-14-9-5(7(13)4-10)2-3-6(11)8(9)12/h2-3H,4H2,1H3. The van der Waals surface area contributed by atoms with Crippen molar-refractivity contribution in [3.63, 3.8) is 0 Å². The molecule has 14 heavy (non-hydrogen) atoms. The summed E-state index contributed by atoms with van der Waals surface area (Å²) in [5, 5.41) is 0.0361. The van der Waals surface area contributed by atoms with Crippen molar-refractivity contribution < 1.29 is 18.3 Å². The van der Waals surface area contributed by atoms with Crippen LogP contribution in [0.2, 0.25) is 0 Å². The van der Waals surface area contributed by atoms with Crippen LogP contribution in [0.15, 0.2) is 12.1 Å². The highest BCUT2D eigenvalue weighted by molar-refractivity contribution is 9.09. The van der Waals surface area contributed by atoms with E-state index in [9.17, 15) is 13.6 Å². The molecule has 1 rings (SSSR count). The minimum Gasteiger partial charge on any atom is -0.493 e. The minimum atomic E-state index is -1.14. The van der Waals surface area contributed by atoms with E-state index in [1.54, 1.807) is 0 Å². The van der Waals surface area contributed by atoms with E-state index in [0.29, 0.717) is 0 Å². The van der Waals surface area contributed by atoms with E-state index < -0.39 is 11.6 Å². The zero-order valence-corrected chi connectivity index (χ0v) is 8.90. The zero-order chi connectivity index (χ0) is 10.7. The molecule has 0 aliphatic carbocycles. The van der Waals surface area contributed by atoms with Gasteiger partial charge in [-0.25, -0.2) is 4.39 Å². The number of ether oxygens (including phenoxy) is 1. The molecule has 0 heterocycles. The van der Waals surface area contributed by atoms with Crippen LogP contribution >= 0.6 is 15.9 Å². The number of ketones is 1. The van der Waals surface area contributed by atoms with Gasteiger partial charge in [0, 0.05) is 0 Å². The summed E-state index contributed by atoms with van der Waals surface area (Å²) >= 11 is 2.94. The third-order valence-electron chi connectivity index (χ3n) is 1.68. The predicted octanol–water partition coefficient (Wildman–Crippen LogP) is 2.55. The van der Waals surface area contributed by atoms with Crippen molar-refractivity contribution in [1.29, 1.82) is 0 Å². The van der Waals surface area contributed by atoms with Crippen LogP contribution < -0.4 is 4.74 Å². The van der Waals surface area contributed by atoms with Crippen LogP contribution in [0.25, 0.3) is 0 Å². The Hall–Kier alpha value is -0.970. The van der Waals surface area contributed by atoms with Crippen LogP contribution in [0.1, 0.15) is 10.4 Å². The van der Waals surface area contributed by atoms with E-state index in [2.05, 4.69) is 20.7 Å². The summed E-state index contributed by atoms with van der Waals surface area (Å²) in [6.45, 7) is 0. The highest BCUT2D eigenvalue weighted by Crippen LogP contribution is 2.25. The molecule has 0 amide bonds. The van der Waals surface area contributed by atoms with E-state index in [0.717, 1.165) is 6.07 Å². The van der Waals surface area contributed by atoms with Gasteiger partial charge in [0.1, 0.15) is 0 Å². The molecule has 0 bridgehead atoms. The quantitative estimate of drug-likeness (QED) is 0.620. The first-order chi connectivity index (χ1) is 6.61. The molecular formula is C9H7BrF2O2. The second-order valence-electron chi connectivity index (χ2n) is 2.50. The molecule has 2 nitrogen and oxygen atoms in total. The number of halogens is 3. The fraction of sp³-hybridized carbons (Fsp3) is 0.222. The maximum atomic E-state index is 13.1. The third kappa shape index (κ3) is 1.92. The topological polar surface area (TPSA) is 26.3 Å². The van der Waals surface area contributed by atoms with Crippen molar-refractivity contribution in [2.75, 3.05) is 12.4 Å². The highest BCUT2D eigenvalue weighted by Gasteiger charge is 2.18. The number of hydrogen-bond acceptors (Lipinski definition) is 2. The van der Waals surface area contributed by atoms with Gasteiger partial charge in [0.15, 0.2) is 17.3 Å². The first kappa shape index (κ1) is 11.1. The van der Waals surface area contributed by atoms with Crippen molar-refractivity contribution >= 4 is 21.7 Å². The lowest BCUT2D eigenvalue weighted by atomic mass is 10.1. The largest absolute Gasteiger partial charge is 0.493 e. The number of methoxy groups -OCH3 is 1. The molecule has 0 spiro atoms. The lowest BCUT2D eigenvalue weighted by molar-refractivity contribution is 0.102. The van der Waals surface area contributed by atoms with Crippen LogP contribution in [0, 0.1) is 11.6 Å². The van der Waals surface area contributed by atoms with Crippen LogP contribution in [0.4, 0.5) is 8.78 Å². The molecule has 0 aliphatic heterocycles.